The number of nitrogens with one attached hydrogen (secondary N) is 1. The minimum atomic E-state index is -0.610. The van der Waals surface area contributed by atoms with Gasteiger partial charge in [0.2, 0.25) is 0 Å². The van der Waals surface area contributed by atoms with E-state index in [0.717, 1.165) is 0 Å². The Kier molecular flexibility index (Phi) is 3.11. The van der Waals surface area contributed by atoms with Crippen molar-refractivity contribution < 1.29 is 14.0 Å². The molecule has 0 saturated carbocycles. The van der Waals surface area contributed by atoms with Gasteiger partial charge in [-0.05, 0) is 12.1 Å². The first-order valence-corrected chi connectivity index (χ1v) is 5.02. The van der Waals surface area contributed by atoms with Crippen LogP contribution < -0.4 is 17.0 Å². The van der Waals surface area contributed by atoms with Crippen LogP contribution in [0.5, 0.6) is 0 Å². The Bertz CT molecular complexity index is 586. The molecule has 0 aliphatic heterocycles. The lowest BCUT2D eigenvalue weighted by molar-refractivity contribution is 0.0923. The summed E-state index contributed by atoms with van der Waals surface area (Å²) in [6.45, 7) is 0.270. The van der Waals surface area contributed by atoms with Crippen molar-refractivity contribution >= 4 is 11.8 Å². The molecular weight excluding hydrogens is 238 g/mol. The Hall–Kier alpha value is -2.61. The van der Waals surface area contributed by atoms with Crippen LogP contribution in [-0.2, 0) is 6.54 Å². The normalized spacial score (nSPS) is 10.3. The van der Waals surface area contributed by atoms with Crippen molar-refractivity contribution in [2.45, 2.75) is 6.54 Å². The molecule has 18 heavy (non-hydrogen) atoms. The van der Waals surface area contributed by atoms with E-state index in [1.165, 1.54) is 17.0 Å². The number of aromatic nitrogens is 2. The maximum atomic E-state index is 11.4. The van der Waals surface area contributed by atoms with E-state index < -0.39 is 11.8 Å². The zero-order chi connectivity index (χ0) is 13.1. The number of primary amides is 1. The second-order valence-electron chi connectivity index (χ2n) is 3.51. The number of carbonyl (C=O) groups is 2. The summed E-state index contributed by atoms with van der Waals surface area (Å²) < 4.78 is 6.49. The molecule has 0 spiro atoms. The van der Waals surface area contributed by atoms with E-state index in [2.05, 4.69) is 5.10 Å². The van der Waals surface area contributed by atoms with E-state index in [1.54, 1.807) is 12.3 Å². The summed E-state index contributed by atoms with van der Waals surface area (Å²) in [5, 5.41) is 3.95. The molecule has 0 unspecified atom stereocenters. The van der Waals surface area contributed by atoms with Crippen molar-refractivity contribution in [2.24, 2.45) is 11.6 Å². The van der Waals surface area contributed by atoms with Crippen molar-refractivity contribution in [3.63, 3.8) is 0 Å². The molecule has 0 aliphatic rings. The Balaban J connectivity index is 2.20. The molecule has 94 valence electrons. The lowest BCUT2D eigenvalue weighted by Crippen LogP contribution is -2.30. The van der Waals surface area contributed by atoms with Crippen LogP contribution in [0.15, 0.2) is 29.0 Å². The van der Waals surface area contributed by atoms with Crippen LogP contribution in [0, 0.1) is 0 Å². The number of nitrogens with two attached hydrogens (primary N) is 2. The molecule has 8 nitrogen and oxygen atoms in total. The van der Waals surface area contributed by atoms with Crippen LogP contribution in [0.4, 0.5) is 0 Å². The fraction of sp³-hybridized carbons (Fsp3) is 0.100. The van der Waals surface area contributed by atoms with E-state index >= 15 is 0 Å². The van der Waals surface area contributed by atoms with Gasteiger partial charge in [-0.25, -0.2) is 5.84 Å². The van der Waals surface area contributed by atoms with Crippen molar-refractivity contribution in [3.8, 4) is 0 Å². The van der Waals surface area contributed by atoms with Crippen molar-refractivity contribution in [1.82, 2.24) is 15.2 Å². The van der Waals surface area contributed by atoms with Gasteiger partial charge in [-0.15, -0.1) is 0 Å². The molecule has 2 rings (SSSR count). The molecule has 2 aromatic heterocycles. The predicted molar refractivity (Wildman–Crippen MR) is 60.2 cm³/mol. The molecule has 2 heterocycles. The minimum Gasteiger partial charge on any atom is -0.459 e. The maximum Gasteiger partial charge on any atom is 0.301 e. The van der Waals surface area contributed by atoms with Gasteiger partial charge >= 0.3 is 5.91 Å². The first kappa shape index (κ1) is 11.9. The zero-order valence-corrected chi connectivity index (χ0v) is 9.29. The van der Waals surface area contributed by atoms with Gasteiger partial charge in [0.05, 0.1) is 12.8 Å². The van der Waals surface area contributed by atoms with E-state index in [0.29, 0.717) is 5.56 Å². The third-order valence-electron chi connectivity index (χ3n) is 2.31. The van der Waals surface area contributed by atoms with Crippen molar-refractivity contribution in [3.05, 3.63) is 41.6 Å². The first-order valence-electron chi connectivity index (χ1n) is 5.02. The number of amides is 2. The van der Waals surface area contributed by atoms with Gasteiger partial charge in [-0.2, -0.15) is 5.10 Å². The minimum absolute atomic E-state index is 0.105. The molecule has 0 aromatic carbocycles. The van der Waals surface area contributed by atoms with Crippen molar-refractivity contribution in [2.75, 3.05) is 0 Å². The highest BCUT2D eigenvalue weighted by Gasteiger charge is 2.15. The standard InChI is InChI=1S/C10H11N5O3/c11-9(16)7-1-3-15(14-7)5-6-2-4-18-8(6)10(17)13-12/h1-4H,5,12H2,(H2,11,16)(H,13,17). The highest BCUT2D eigenvalue weighted by Crippen LogP contribution is 2.12. The van der Waals surface area contributed by atoms with Gasteiger partial charge < -0.3 is 10.2 Å². The van der Waals surface area contributed by atoms with E-state index in [-0.39, 0.29) is 18.0 Å². The summed E-state index contributed by atoms with van der Waals surface area (Å²) in [5.41, 5.74) is 7.82. The highest BCUT2D eigenvalue weighted by atomic mass is 16.3. The van der Waals surface area contributed by atoms with E-state index in [1.807, 2.05) is 5.43 Å². The summed E-state index contributed by atoms with van der Waals surface area (Å²) in [6, 6.07) is 3.11. The molecule has 5 N–H and O–H groups in total. The molecule has 0 radical (unpaired) electrons. The molecule has 0 saturated heterocycles. The van der Waals surface area contributed by atoms with Gasteiger partial charge in [-0.3, -0.25) is 19.7 Å². The van der Waals surface area contributed by atoms with Crippen molar-refractivity contribution in [1.29, 1.82) is 0 Å². The Morgan fingerprint density at radius 3 is 2.83 bits per heavy atom. The largest absolute Gasteiger partial charge is 0.459 e. The molecule has 2 amide bonds. The molecular formula is C10H11N5O3. The Morgan fingerprint density at radius 1 is 1.44 bits per heavy atom. The lowest BCUT2D eigenvalue weighted by atomic mass is 10.2. The third kappa shape index (κ3) is 2.23. The van der Waals surface area contributed by atoms with Crippen LogP contribution in [0.3, 0.4) is 0 Å². The third-order valence-corrected chi connectivity index (χ3v) is 2.31. The average molecular weight is 249 g/mol. The molecule has 0 aliphatic carbocycles. The number of hydrogen-bond donors (Lipinski definition) is 3. The Labute approximate surface area is 102 Å². The van der Waals surface area contributed by atoms with E-state index in [9.17, 15) is 9.59 Å². The predicted octanol–water partition coefficient (Wildman–Crippen LogP) is -0.773. The zero-order valence-electron chi connectivity index (χ0n) is 9.29. The van der Waals surface area contributed by atoms with E-state index in [4.69, 9.17) is 16.0 Å². The highest BCUT2D eigenvalue weighted by molar-refractivity contribution is 5.92. The topological polar surface area (TPSA) is 129 Å². The molecule has 8 heteroatoms. The number of hydrogen-bond acceptors (Lipinski definition) is 5. The van der Waals surface area contributed by atoms with Crippen LogP contribution in [0.25, 0.3) is 0 Å². The van der Waals surface area contributed by atoms with Crippen LogP contribution in [0.1, 0.15) is 26.6 Å². The molecule has 0 atom stereocenters. The number of furan rings is 1. The molecule has 0 fully saturated rings. The van der Waals surface area contributed by atoms with Crippen LogP contribution in [-0.4, -0.2) is 21.6 Å². The smallest absolute Gasteiger partial charge is 0.301 e. The summed E-state index contributed by atoms with van der Waals surface area (Å²) in [7, 11) is 0. The summed E-state index contributed by atoms with van der Waals surface area (Å²) in [6.07, 6.45) is 2.95. The van der Waals surface area contributed by atoms with Crippen LogP contribution in [0.2, 0.25) is 0 Å². The fourth-order valence-electron chi connectivity index (χ4n) is 1.48. The number of nitrogens with zero attached hydrogens (tertiary/aromatic N) is 2. The summed E-state index contributed by atoms with van der Waals surface area (Å²) >= 11 is 0. The number of carbonyl (C=O) groups excluding carboxylic acids is 2. The number of hydrazine groups is 1. The first-order chi connectivity index (χ1) is 8.61. The Morgan fingerprint density at radius 2 is 2.22 bits per heavy atom. The number of rotatable bonds is 4. The van der Waals surface area contributed by atoms with Gasteiger partial charge in [0.1, 0.15) is 5.69 Å². The maximum absolute atomic E-state index is 11.4. The van der Waals surface area contributed by atoms with Crippen LogP contribution >= 0.6 is 0 Å². The number of nitrogen functional groups attached to an aromatic ring is 1. The fourth-order valence-corrected chi connectivity index (χ4v) is 1.48. The summed E-state index contributed by atoms with van der Waals surface area (Å²) in [5.74, 6) is 3.99. The SMILES string of the molecule is NNC(=O)c1occc1Cn1ccc(C(N)=O)n1. The quantitative estimate of drug-likeness (QED) is 0.372. The summed E-state index contributed by atoms with van der Waals surface area (Å²) in [4.78, 5) is 22.3. The average Bonchev–Trinajstić information content (AvgIpc) is 2.97. The lowest BCUT2D eigenvalue weighted by Gasteiger charge is -2.01. The molecule has 2 aromatic rings. The second kappa shape index (κ2) is 4.72. The second-order valence-corrected chi connectivity index (χ2v) is 3.51. The van der Waals surface area contributed by atoms with Gasteiger partial charge in [-0.1, -0.05) is 0 Å². The monoisotopic (exact) mass is 249 g/mol. The van der Waals surface area contributed by atoms with Gasteiger partial charge in [0.15, 0.2) is 5.76 Å². The molecule has 0 bridgehead atoms. The van der Waals surface area contributed by atoms with Gasteiger partial charge in [0, 0.05) is 11.8 Å². The van der Waals surface area contributed by atoms with Gasteiger partial charge in [0.25, 0.3) is 5.91 Å².